The summed E-state index contributed by atoms with van der Waals surface area (Å²) in [5.74, 6) is 2.23. The Kier molecular flexibility index (Phi) is 4.80. The van der Waals surface area contributed by atoms with Crippen LogP contribution in [0.1, 0.15) is 30.2 Å². The van der Waals surface area contributed by atoms with E-state index in [9.17, 15) is 4.79 Å². The predicted molar refractivity (Wildman–Crippen MR) is 87.5 cm³/mol. The summed E-state index contributed by atoms with van der Waals surface area (Å²) in [6.45, 7) is 5.69. The molecule has 2 heterocycles. The molecular weight excluding hydrogens is 308 g/mol. The number of carbonyl (C=O) groups is 1. The third-order valence-electron chi connectivity index (χ3n) is 4.24. The Morgan fingerprint density at radius 2 is 2.00 bits per heavy atom. The van der Waals surface area contributed by atoms with Crippen LogP contribution in [-0.2, 0) is 22.7 Å². The molecule has 2 aromatic rings. The molecule has 0 fully saturated rings. The van der Waals surface area contributed by atoms with E-state index in [4.69, 9.17) is 9.47 Å². The van der Waals surface area contributed by atoms with Crippen molar-refractivity contribution in [1.29, 1.82) is 0 Å². The van der Waals surface area contributed by atoms with Crippen LogP contribution in [0.15, 0.2) is 24.3 Å². The topological polar surface area (TPSA) is 69.5 Å². The standard InChI is InChI=1S/C17H22N4O3/c1-12-4-6-14(7-5-12)24-11-16(22)20-8-9-21-15(10-23-3)18-19-17(21)13(20)2/h4-7,13H,8-11H2,1-3H3/t13-/m1/s1. The number of aromatic nitrogens is 3. The fourth-order valence-electron chi connectivity index (χ4n) is 2.88. The maximum Gasteiger partial charge on any atom is 0.261 e. The molecule has 7 nitrogen and oxygen atoms in total. The van der Waals surface area contributed by atoms with Gasteiger partial charge in [0.1, 0.15) is 12.4 Å². The molecule has 0 bridgehead atoms. The Morgan fingerprint density at radius 1 is 1.25 bits per heavy atom. The summed E-state index contributed by atoms with van der Waals surface area (Å²) in [5.41, 5.74) is 1.16. The van der Waals surface area contributed by atoms with E-state index in [1.165, 1.54) is 0 Å². The van der Waals surface area contributed by atoms with Gasteiger partial charge in [0.25, 0.3) is 5.91 Å². The Morgan fingerprint density at radius 3 is 2.71 bits per heavy atom. The summed E-state index contributed by atoms with van der Waals surface area (Å²) in [5, 5.41) is 8.37. The van der Waals surface area contributed by atoms with Gasteiger partial charge in [-0.05, 0) is 26.0 Å². The molecule has 0 unspecified atom stereocenters. The highest BCUT2D eigenvalue weighted by molar-refractivity contribution is 5.78. The number of hydrogen-bond donors (Lipinski definition) is 0. The van der Waals surface area contributed by atoms with E-state index in [1.807, 2.05) is 42.7 Å². The maximum absolute atomic E-state index is 12.5. The molecule has 24 heavy (non-hydrogen) atoms. The fraction of sp³-hybridized carbons (Fsp3) is 0.471. The van der Waals surface area contributed by atoms with Crippen molar-refractivity contribution in [2.24, 2.45) is 0 Å². The van der Waals surface area contributed by atoms with E-state index >= 15 is 0 Å². The zero-order chi connectivity index (χ0) is 17.1. The first-order valence-electron chi connectivity index (χ1n) is 8.00. The molecule has 3 rings (SSSR count). The number of rotatable bonds is 5. The van der Waals surface area contributed by atoms with Gasteiger partial charge < -0.3 is 18.9 Å². The van der Waals surface area contributed by atoms with Crippen LogP contribution in [0.4, 0.5) is 0 Å². The van der Waals surface area contributed by atoms with Crippen LogP contribution in [-0.4, -0.2) is 45.8 Å². The monoisotopic (exact) mass is 330 g/mol. The van der Waals surface area contributed by atoms with Crippen molar-refractivity contribution >= 4 is 5.91 Å². The van der Waals surface area contributed by atoms with Crippen LogP contribution in [0, 0.1) is 6.92 Å². The van der Waals surface area contributed by atoms with E-state index in [-0.39, 0.29) is 18.6 Å². The highest BCUT2D eigenvalue weighted by Crippen LogP contribution is 2.24. The van der Waals surface area contributed by atoms with Gasteiger partial charge >= 0.3 is 0 Å². The second-order valence-corrected chi connectivity index (χ2v) is 5.92. The van der Waals surface area contributed by atoms with Gasteiger partial charge in [-0.1, -0.05) is 17.7 Å². The van der Waals surface area contributed by atoms with Crippen LogP contribution in [0.3, 0.4) is 0 Å². The molecule has 7 heteroatoms. The Bertz CT molecular complexity index is 711. The van der Waals surface area contributed by atoms with Crippen LogP contribution >= 0.6 is 0 Å². The number of fused-ring (bicyclic) bond motifs is 1. The molecule has 0 spiro atoms. The minimum atomic E-state index is -0.133. The molecule has 0 saturated heterocycles. The Hall–Kier alpha value is -2.41. The number of methoxy groups -OCH3 is 1. The summed E-state index contributed by atoms with van der Waals surface area (Å²) in [6, 6.07) is 7.53. The number of nitrogens with zero attached hydrogens (tertiary/aromatic N) is 4. The summed E-state index contributed by atoms with van der Waals surface area (Å²) in [6.07, 6.45) is 0. The zero-order valence-corrected chi connectivity index (χ0v) is 14.2. The van der Waals surface area contributed by atoms with E-state index in [1.54, 1.807) is 12.0 Å². The first kappa shape index (κ1) is 16.4. The minimum absolute atomic E-state index is 0.0203. The van der Waals surface area contributed by atoms with Crippen LogP contribution < -0.4 is 4.74 Å². The Labute approximate surface area is 141 Å². The third kappa shape index (κ3) is 3.26. The molecule has 0 aliphatic carbocycles. The SMILES string of the molecule is COCc1nnc2n1CCN(C(=O)COc1ccc(C)cc1)[C@@H]2C. The molecule has 1 aromatic heterocycles. The molecule has 1 atom stereocenters. The molecular formula is C17H22N4O3. The van der Waals surface area contributed by atoms with Crippen molar-refractivity contribution in [2.45, 2.75) is 33.0 Å². The Balaban J connectivity index is 1.64. The average Bonchev–Trinajstić information content (AvgIpc) is 2.99. The quantitative estimate of drug-likeness (QED) is 0.835. The van der Waals surface area contributed by atoms with Gasteiger partial charge in [-0.3, -0.25) is 4.79 Å². The van der Waals surface area contributed by atoms with E-state index in [2.05, 4.69) is 10.2 Å². The highest BCUT2D eigenvalue weighted by atomic mass is 16.5. The smallest absolute Gasteiger partial charge is 0.261 e. The number of benzene rings is 1. The van der Waals surface area contributed by atoms with Gasteiger partial charge in [-0.25, -0.2) is 0 Å². The second-order valence-electron chi connectivity index (χ2n) is 5.92. The third-order valence-corrected chi connectivity index (χ3v) is 4.24. The lowest BCUT2D eigenvalue weighted by Crippen LogP contribution is -2.43. The van der Waals surface area contributed by atoms with Gasteiger partial charge in [0.15, 0.2) is 18.3 Å². The molecule has 1 amide bonds. The molecule has 1 aromatic carbocycles. The first-order chi connectivity index (χ1) is 11.6. The highest BCUT2D eigenvalue weighted by Gasteiger charge is 2.31. The molecule has 0 saturated carbocycles. The minimum Gasteiger partial charge on any atom is -0.484 e. The van der Waals surface area contributed by atoms with Gasteiger partial charge in [0.05, 0.1) is 6.04 Å². The largest absolute Gasteiger partial charge is 0.484 e. The second kappa shape index (κ2) is 7.00. The zero-order valence-electron chi connectivity index (χ0n) is 14.2. The number of ether oxygens (including phenoxy) is 2. The van der Waals surface area contributed by atoms with Crippen molar-refractivity contribution in [1.82, 2.24) is 19.7 Å². The summed E-state index contributed by atoms with van der Waals surface area (Å²) in [4.78, 5) is 14.3. The van der Waals surface area contributed by atoms with Gasteiger partial charge in [-0.2, -0.15) is 0 Å². The van der Waals surface area contributed by atoms with Crippen LogP contribution in [0.2, 0.25) is 0 Å². The number of carbonyl (C=O) groups excluding carboxylic acids is 1. The number of aryl methyl sites for hydroxylation is 1. The number of amides is 1. The van der Waals surface area contributed by atoms with E-state index < -0.39 is 0 Å². The molecule has 1 aliphatic rings. The van der Waals surface area contributed by atoms with Crippen molar-refractivity contribution in [3.05, 3.63) is 41.5 Å². The normalized spacial score (nSPS) is 16.8. The van der Waals surface area contributed by atoms with Crippen molar-refractivity contribution in [3.63, 3.8) is 0 Å². The van der Waals surface area contributed by atoms with Crippen molar-refractivity contribution < 1.29 is 14.3 Å². The maximum atomic E-state index is 12.5. The van der Waals surface area contributed by atoms with Crippen molar-refractivity contribution in [3.8, 4) is 5.75 Å². The van der Waals surface area contributed by atoms with Gasteiger partial charge in [0.2, 0.25) is 0 Å². The fourth-order valence-corrected chi connectivity index (χ4v) is 2.88. The van der Waals surface area contributed by atoms with Crippen molar-refractivity contribution in [2.75, 3.05) is 20.3 Å². The summed E-state index contributed by atoms with van der Waals surface area (Å²) in [7, 11) is 1.63. The van der Waals surface area contributed by atoms with Crippen LogP contribution in [0.25, 0.3) is 0 Å². The summed E-state index contributed by atoms with van der Waals surface area (Å²) < 4.78 is 12.8. The van der Waals surface area contributed by atoms with Gasteiger partial charge in [0, 0.05) is 20.2 Å². The van der Waals surface area contributed by atoms with Gasteiger partial charge in [-0.15, -0.1) is 10.2 Å². The van der Waals surface area contributed by atoms with E-state index in [0.717, 1.165) is 17.2 Å². The lowest BCUT2D eigenvalue weighted by molar-refractivity contribution is -0.136. The molecule has 128 valence electrons. The number of hydrogen-bond acceptors (Lipinski definition) is 5. The molecule has 0 radical (unpaired) electrons. The molecule has 0 N–H and O–H groups in total. The average molecular weight is 330 g/mol. The molecule has 1 aliphatic heterocycles. The van der Waals surface area contributed by atoms with Crippen LogP contribution in [0.5, 0.6) is 5.75 Å². The summed E-state index contributed by atoms with van der Waals surface area (Å²) >= 11 is 0. The lowest BCUT2D eigenvalue weighted by atomic mass is 10.2. The predicted octanol–water partition coefficient (Wildman–Crippen LogP) is 1.72. The first-order valence-corrected chi connectivity index (χ1v) is 8.00. The van der Waals surface area contributed by atoms with E-state index in [0.29, 0.717) is 25.4 Å². The lowest BCUT2D eigenvalue weighted by Gasteiger charge is -2.33.